The number of ketones is 1. The molecule has 0 amide bonds. The molecule has 3 nitrogen and oxygen atoms in total. The lowest BCUT2D eigenvalue weighted by Crippen LogP contribution is -2.34. The molecule has 1 N–H and O–H groups in total. The average Bonchev–Trinajstić information content (AvgIpc) is 2.46. The van der Waals surface area contributed by atoms with Crippen molar-refractivity contribution in [3.8, 4) is 0 Å². The summed E-state index contributed by atoms with van der Waals surface area (Å²) in [7, 11) is 0. The number of rotatable bonds is 4. The maximum Gasteiger partial charge on any atom is 0.162 e. The molecule has 1 aliphatic heterocycles. The predicted octanol–water partition coefficient (Wildman–Crippen LogP) is 2.66. The zero-order valence-electron chi connectivity index (χ0n) is 10.9. The van der Waals surface area contributed by atoms with Crippen LogP contribution in [0, 0.1) is 0 Å². The van der Waals surface area contributed by atoms with Gasteiger partial charge in [0, 0.05) is 30.0 Å². The van der Waals surface area contributed by atoms with E-state index in [0.717, 1.165) is 24.2 Å². The van der Waals surface area contributed by atoms with Crippen LogP contribution in [0.25, 0.3) is 0 Å². The zero-order valence-corrected chi connectivity index (χ0v) is 11.7. The summed E-state index contributed by atoms with van der Waals surface area (Å²) in [4.78, 5) is 13.2. The normalized spacial score (nSPS) is 19.8. The van der Waals surface area contributed by atoms with E-state index in [4.69, 9.17) is 4.74 Å². The number of benzene rings is 1. The number of ether oxygens (including phenoxy) is 1. The number of Topliss-reactive ketones (excluding diaryl/α,β-unsaturated/α-hetero) is 1. The molecule has 98 valence electrons. The van der Waals surface area contributed by atoms with E-state index in [0.29, 0.717) is 13.0 Å². The van der Waals surface area contributed by atoms with E-state index in [1.165, 1.54) is 4.90 Å². The van der Waals surface area contributed by atoms with Gasteiger partial charge in [0.15, 0.2) is 5.78 Å². The SMILES string of the molecule is CCC(=O)c1ccc(SC)cc1C1CNCCO1. The summed E-state index contributed by atoms with van der Waals surface area (Å²) in [6, 6.07) is 6.03. The van der Waals surface area contributed by atoms with Crippen molar-refractivity contribution in [1.82, 2.24) is 5.32 Å². The molecular weight excluding hydrogens is 246 g/mol. The van der Waals surface area contributed by atoms with Gasteiger partial charge < -0.3 is 10.1 Å². The summed E-state index contributed by atoms with van der Waals surface area (Å²) >= 11 is 1.69. The molecule has 0 aromatic heterocycles. The molecule has 1 saturated heterocycles. The number of morpholine rings is 1. The van der Waals surface area contributed by atoms with Crippen molar-refractivity contribution in [3.63, 3.8) is 0 Å². The monoisotopic (exact) mass is 265 g/mol. The van der Waals surface area contributed by atoms with Crippen LogP contribution in [-0.2, 0) is 4.74 Å². The Hall–Kier alpha value is -0.840. The average molecular weight is 265 g/mol. The molecule has 1 heterocycles. The van der Waals surface area contributed by atoms with Gasteiger partial charge in [-0.25, -0.2) is 0 Å². The molecule has 1 atom stereocenters. The van der Waals surface area contributed by atoms with Gasteiger partial charge in [-0.1, -0.05) is 6.92 Å². The second kappa shape index (κ2) is 6.36. The van der Waals surface area contributed by atoms with Gasteiger partial charge in [-0.05, 0) is 30.0 Å². The van der Waals surface area contributed by atoms with E-state index in [1.807, 2.05) is 25.3 Å². The number of hydrogen-bond donors (Lipinski definition) is 1. The van der Waals surface area contributed by atoms with Gasteiger partial charge in [-0.3, -0.25) is 4.79 Å². The molecule has 0 aliphatic carbocycles. The first kappa shape index (κ1) is 13.6. The van der Waals surface area contributed by atoms with E-state index >= 15 is 0 Å². The van der Waals surface area contributed by atoms with Crippen LogP contribution in [0.4, 0.5) is 0 Å². The summed E-state index contributed by atoms with van der Waals surface area (Å²) < 4.78 is 5.77. The summed E-state index contributed by atoms with van der Waals surface area (Å²) in [6.07, 6.45) is 2.57. The maximum absolute atomic E-state index is 12.0. The highest BCUT2D eigenvalue weighted by Crippen LogP contribution is 2.28. The summed E-state index contributed by atoms with van der Waals surface area (Å²) in [5.74, 6) is 0.187. The molecule has 0 bridgehead atoms. The van der Waals surface area contributed by atoms with Crippen molar-refractivity contribution in [2.75, 3.05) is 26.0 Å². The smallest absolute Gasteiger partial charge is 0.162 e. The van der Waals surface area contributed by atoms with Crippen molar-refractivity contribution >= 4 is 17.5 Å². The minimum atomic E-state index is -0.00338. The van der Waals surface area contributed by atoms with E-state index in [-0.39, 0.29) is 11.9 Å². The first-order chi connectivity index (χ1) is 8.76. The van der Waals surface area contributed by atoms with Gasteiger partial charge in [0.1, 0.15) is 0 Å². The Morgan fingerprint density at radius 2 is 2.39 bits per heavy atom. The lowest BCUT2D eigenvalue weighted by Gasteiger charge is -2.26. The topological polar surface area (TPSA) is 38.3 Å². The third-order valence-electron chi connectivity index (χ3n) is 3.15. The van der Waals surface area contributed by atoms with Crippen LogP contribution in [0.2, 0.25) is 0 Å². The highest BCUT2D eigenvalue weighted by Gasteiger charge is 2.21. The fourth-order valence-corrected chi connectivity index (χ4v) is 2.59. The molecular formula is C14H19NO2S. The first-order valence-corrected chi connectivity index (χ1v) is 7.52. The minimum Gasteiger partial charge on any atom is -0.371 e. The van der Waals surface area contributed by atoms with Crippen molar-refractivity contribution in [2.45, 2.75) is 24.3 Å². The van der Waals surface area contributed by atoms with Gasteiger partial charge in [0.25, 0.3) is 0 Å². The molecule has 2 rings (SSSR count). The Kier molecular flexibility index (Phi) is 4.80. The Morgan fingerprint density at radius 1 is 1.56 bits per heavy atom. The summed E-state index contributed by atoms with van der Waals surface area (Å²) in [5.41, 5.74) is 1.84. The van der Waals surface area contributed by atoms with Gasteiger partial charge in [-0.2, -0.15) is 0 Å². The second-order valence-electron chi connectivity index (χ2n) is 4.29. The van der Waals surface area contributed by atoms with E-state index < -0.39 is 0 Å². The van der Waals surface area contributed by atoms with Crippen LogP contribution < -0.4 is 5.32 Å². The number of carbonyl (C=O) groups is 1. The zero-order chi connectivity index (χ0) is 13.0. The second-order valence-corrected chi connectivity index (χ2v) is 5.17. The molecule has 4 heteroatoms. The van der Waals surface area contributed by atoms with Crippen LogP contribution in [0.15, 0.2) is 23.1 Å². The first-order valence-electron chi connectivity index (χ1n) is 6.29. The Bertz CT molecular complexity index is 428. The van der Waals surface area contributed by atoms with Gasteiger partial charge in [-0.15, -0.1) is 11.8 Å². The molecule has 18 heavy (non-hydrogen) atoms. The number of nitrogens with one attached hydrogen (secondary N) is 1. The Labute approximate surface area is 112 Å². The standard InChI is InChI=1S/C14H19NO2S/c1-3-13(16)11-5-4-10(18-2)8-12(11)14-9-15-6-7-17-14/h4-5,8,14-15H,3,6-7,9H2,1-2H3. The van der Waals surface area contributed by atoms with Crippen LogP contribution in [0.3, 0.4) is 0 Å². The van der Waals surface area contributed by atoms with E-state index in [1.54, 1.807) is 11.8 Å². The van der Waals surface area contributed by atoms with Crippen LogP contribution in [0.1, 0.15) is 35.4 Å². The molecule has 1 aliphatic rings. The highest BCUT2D eigenvalue weighted by atomic mass is 32.2. The van der Waals surface area contributed by atoms with Gasteiger partial charge in [0.2, 0.25) is 0 Å². The number of thioether (sulfide) groups is 1. The molecule has 0 radical (unpaired) electrons. The van der Waals surface area contributed by atoms with Gasteiger partial charge in [0.05, 0.1) is 12.7 Å². The molecule has 1 aromatic carbocycles. The predicted molar refractivity (Wildman–Crippen MR) is 74.4 cm³/mol. The lowest BCUT2D eigenvalue weighted by atomic mass is 9.97. The number of carbonyl (C=O) groups excluding carboxylic acids is 1. The lowest BCUT2D eigenvalue weighted by molar-refractivity contribution is 0.0269. The molecule has 1 aromatic rings. The van der Waals surface area contributed by atoms with E-state index in [9.17, 15) is 4.79 Å². The van der Waals surface area contributed by atoms with Crippen LogP contribution >= 0.6 is 11.8 Å². The summed E-state index contributed by atoms with van der Waals surface area (Å²) in [5, 5.41) is 3.31. The van der Waals surface area contributed by atoms with E-state index in [2.05, 4.69) is 11.4 Å². The molecule has 0 spiro atoms. The number of hydrogen-bond acceptors (Lipinski definition) is 4. The third kappa shape index (κ3) is 2.94. The summed E-state index contributed by atoms with van der Waals surface area (Å²) in [6.45, 7) is 4.26. The van der Waals surface area contributed by atoms with Crippen LogP contribution in [0.5, 0.6) is 0 Å². The largest absolute Gasteiger partial charge is 0.371 e. The van der Waals surface area contributed by atoms with Crippen molar-refractivity contribution < 1.29 is 9.53 Å². The van der Waals surface area contributed by atoms with Crippen LogP contribution in [-0.4, -0.2) is 31.7 Å². The Morgan fingerprint density at radius 3 is 3.00 bits per heavy atom. The molecule has 1 unspecified atom stereocenters. The van der Waals surface area contributed by atoms with Crippen molar-refractivity contribution in [3.05, 3.63) is 29.3 Å². The van der Waals surface area contributed by atoms with Crippen molar-refractivity contribution in [1.29, 1.82) is 0 Å². The molecule has 0 saturated carbocycles. The third-order valence-corrected chi connectivity index (χ3v) is 3.88. The van der Waals surface area contributed by atoms with Gasteiger partial charge >= 0.3 is 0 Å². The Balaban J connectivity index is 2.36. The van der Waals surface area contributed by atoms with Crippen molar-refractivity contribution in [2.24, 2.45) is 0 Å². The minimum absolute atomic E-state index is 0.00338. The molecule has 1 fully saturated rings. The quantitative estimate of drug-likeness (QED) is 0.671. The maximum atomic E-state index is 12.0. The fraction of sp³-hybridized carbons (Fsp3) is 0.500. The highest BCUT2D eigenvalue weighted by molar-refractivity contribution is 7.98. The fourth-order valence-electron chi connectivity index (χ4n) is 2.14.